The number of nitrogens with zero attached hydrogens (tertiary/aromatic N) is 4. The number of aryl methyl sites for hydroxylation is 1. The Morgan fingerprint density at radius 1 is 1.19 bits per heavy atom. The number of thiazole rings is 1. The minimum absolute atomic E-state index is 0.0230. The first-order valence-corrected chi connectivity index (χ1v) is 13.1. The maximum Gasteiger partial charge on any atom is 0.282 e. The molecule has 1 saturated heterocycles. The maximum atomic E-state index is 13.0. The van der Waals surface area contributed by atoms with E-state index in [1.807, 2.05) is 24.4 Å². The third-order valence-electron chi connectivity index (χ3n) is 6.21. The molecule has 8 nitrogen and oxygen atoms in total. The molecule has 4 rings (SSSR count). The molecule has 1 saturated carbocycles. The van der Waals surface area contributed by atoms with Crippen molar-refractivity contribution in [2.24, 2.45) is 0 Å². The highest BCUT2D eigenvalue weighted by molar-refractivity contribution is 7.86. The van der Waals surface area contributed by atoms with Crippen molar-refractivity contribution < 1.29 is 17.6 Å². The highest BCUT2D eigenvalue weighted by atomic mass is 32.2. The van der Waals surface area contributed by atoms with Gasteiger partial charge >= 0.3 is 0 Å². The van der Waals surface area contributed by atoms with Crippen LogP contribution in [-0.2, 0) is 21.4 Å². The number of hydrogen-bond donors (Lipinski definition) is 0. The quantitative estimate of drug-likeness (QED) is 0.653. The zero-order valence-corrected chi connectivity index (χ0v) is 19.8. The molecule has 0 radical (unpaired) electrons. The Morgan fingerprint density at radius 3 is 2.55 bits per heavy atom. The van der Waals surface area contributed by atoms with Gasteiger partial charge in [-0.1, -0.05) is 19.3 Å². The molecule has 0 atom stereocenters. The average molecular weight is 467 g/mol. The monoisotopic (exact) mass is 466 g/mol. The molecule has 0 unspecified atom stereocenters. The van der Waals surface area contributed by atoms with E-state index in [9.17, 15) is 13.2 Å². The highest BCUT2D eigenvalue weighted by Gasteiger charge is 2.35. The van der Waals surface area contributed by atoms with Gasteiger partial charge in [-0.05, 0) is 31.9 Å². The molecule has 10 heteroatoms. The fourth-order valence-corrected chi connectivity index (χ4v) is 6.66. The molecule has 0 N–H and O–H groups in total. The van der Waals surface area contributed by atoms with Gasteiger partial charge in [-0.2, -0.15) is 17.0 Å². The van der Waals surface area contributed by atoms with Crippen molar-refractivity contribution in [1.29, 1.82) is 0 Å². The summed E-state index contributed by atoms with van der Waals surface area (Å²) < 4.78 is 34.7. The van der Waals surface area contributed by atoms with Crippen molar-refractivity contribution in [2.45, 2.75) is 51.5 Å². The summed E-state index contributed by atoms with van der Waals surface area (Å²) in [6.45, 7) is 3.36. The summed E-state index contributed by atoms with van der Waals surface area (Å²) in [6, 6.07) is 3.86. The molecular weight excluding hydrogens is 436 g/mol. The zero-order valence-electron chi connectivity index (χ0n) is 18.1. The molecule has 1 amide bonds. The Morgan fingerprint density at radius 2 is 1.90 bits per heavy atom. The second-order valence-electron chi connectivity index (χ2n) is 8.33. The van der Waals surface area contributed by atoms with Crippen LogP contribution >= 0.6 is 11.3 Å². The van der Waals surface area contributed by atoms with Crippen molar-refractivity contribution in [3.63, 3.8) is 0 Å². The summed E-state index contributed by atoms with van der Waals surface area (Å²) in [7, 11) is -1.79. The van der Waals surface area contributed by atoms with E-state index >= 15 is 0 Å². The fourth-order valence-electron chi connectivity index (χ4n) is 4.30. The first-order chi connectivity index (χ1) is 14.8. The SMILES string of the molecule is Cc1ccc(-c2nc(CC(=O)N3CCN(S(=O)(=O)N(C)C4CCCCC4)CC3)cs2)o1. The number of carbonyl (C=O) groups is 1. The van der Waals surface area contributed by atoms with E-state index in [1.54, 1.807) is 16.3 Å². The van der Waals surface area contributed by atoms with Crippen LogP contribution in [-0.4, -0.2) is 72.1 Å². The number of hydrogen-bond acceptors (Lipinski definition) is 6. The smallest absolute Gasteiger partial charge is 0.282 e. The van der Waals surface area contributed by atoms with Crippen LogP contribution in [0.15, 0.2) is 21.9 Å². The van der Waals surface area contributed by atoms with Gasteiger partial charge in [0.25, 0.3) is 10.2 Å². The highest BCUT2D eigenvalue weighted by Crippen LogP contribution is 2.27. The molecule has 1 aliphatic carbocycles. The van der Waals surface area contributed by atoms with Gasteiger partial charge in [-0.25, -0.2) is 4.98 Å². The third kappa shape index (κ3) is 5.02. The number of piperazine rings is 1. The standard InChI is InChI=1S/C21H30N4O4S2/c1-16-8-9-19(29-16)21-22-17(15-30-21)14-20(26)24-10-12-25(13-11-24)31(27,28)23(2)18-6-4-3-5-7-18/h8-9,15,18H,3-7,10-14H2,1-2H3. The molecule has 0 spiro atoms. The molecule has 2 fully saturated rings. The molecule has 31 heavy (non-hydrogen) atoms. The molecule has 0 bridgehead atoms. The lowest BCUT2D eigenvalue weighted by Crippen LogP contribution is -2.55. The molecule has 2 aromatic rings. The summed E-state index contributed by atoms with van der Waals surface area (Å²) in [5.41, 5.74) is 0.714. The summed E-state index contributed by atoms with van der Waals surface area (Å²) in [4.78, 5) is 19.0. The lowest BCUT2D eigenvalue weighted by Gasteiger charge is -2.38. The van der Waals surface area contributed by atoms with Crippen LogP contribution in [0.1, 0.15) is 43.6 Å². The maximum absolute atomic E-state index is 13.0. The van der Waals surface area contributed by atoms with Crippen LogP contribution < -0.4 is 0 Å². The Hall–Kier alpha value is -1.75. The first kappa shape index (κ1) is 22.4. The lowest BCUT2D eigenvalue weighted by atomic mass is 9.96. The van der Waals surface area contributed by atoms with E-state index in [0.29, 0.717) is 37.6 Å². The van der Waals surface area contributed by atoms with E-state index in [1.165, 1.54) is 22.1 Å². The summed E-state index contributed by atoms with van der Waals surface area (Å²) in [5.74, 6) is 1.51. The topological polar surface area (TPSA) is 87.0 Å². The zero-order chi connectivity index (χ0) is 22.0. The van der Waals surface area contributed by atoms with Gasteiger partial charge in [-0.3, -0.25) is 4.79 Å². The van der Waals surface area contributed by atoms with E-state index in [2.05, 4.69) is 4.98 Å². The molecule has 3 heterocycles. The van der Waals surface area contributed by atoms with Gasteiger partial charge in [-0.15, -0.1) is 11.3 Å². The van der Waals surface area contributed by atoms with Crippen molar-refractivity contribution >= 4 is 27.5 Å². The van der Waals surface area contributed by atoms with Crippen molar-refractivity contribution in [3.8, 4) is 10.8 Å². The number of amides is 1. The number of aromatic nitrogens is 1. The Labute approximate surface area is 188 Å². The first-order valence-electron chi connectivity index (χ1n) is 10.9. The Balaban J connectivity index is 1.31. The minimum Gasteiger partial charge on any atom is -0.459 e. The van der Waals surface area contributed by atoms with Gasteiger partial charge in [0.05, 0.1) is 12.1 Å². The van der Waals surface area contributed by atoms with Crippen LogP contribution in [0.5, 0.6) is 0 Å². The largest absolute Gasteiger partial charge is 0.459 e. The average Bonchev–Trinajstić information content (AvgIpc) is 3.42. The molecule has 2 aliphatic rings. The molecule has 2 aromatic heterocycles. The van der Waals surface area contributed by atoms with Crippen LogP contribution in [0.4, 0.5) is 0 Å². The molecule has 1 aliphatic heterocycles. The predicted molar refractivity (Wildman–Crippen MR) is 120 cm³/mol. The van der Waals surface area contributed by atoms with Crippen LogP contribution in [0.25, 0.3) is 10.8 Å². The van der Waals surface area contributed by atoms with E-state index < -0.39 is 10.2 Å². The lowest BCUT2D eigenvalue weighted by molar-refractivity contribution is -0.131. The number of furan rings is 1. The minimum atomic E-state index is -3.49. The molecular formula is C21H30N4O4S2. The second-order valence-corrected chi connectivity index (χ2v) is 11.2. The predicted octanol–water partition coefficient (Wildman–Crippen LogP) is 2.91. The van der Waals surface area contributed by atoms with Gasteiger partial charge in [0.15, 0.2) is 10.8 Å². The van der Waals surface area contributed by atoms with Gasteiger partial charge in [0.2, 0.25) is 5.91 Å². The molecule has 0 aromatic carbocycles. The Kier molecular flexibility index (Phi) is 6.80. The van der Waals surface area contributed by atoms with E-state index in [4.69, 9.17) is 4.42 Å². The molecule has 170 valence electrons. The van der Waals surface area contributed by atoms with Crippen molar-refractivity contribution in [2.75, 3.05) is 33.2 Å². The van der Waals surface area contributed by atoms with Crippen LogP contribution in [0.2, 0.25) is 0 Å². The third-order valence-corrected chi connectivity index (χ3v) is 9.16. The summed E-state index contributed by atoms with van der Waals surface area (Å²) in [6.07, 6.45) is 5.44. The van der Waals surface area contributed by atoms with E-state index in [0.717, 1.165) is 36.5 Å². The van der Waals surface area contributed by atoms with E-state index in [-0.39, 0.29) is 18.4 Å². The van der Waals surface area contributed by atoms with Crippen LogP contribution in [0.3, 0.4) is 0 Å². The van der Waals surface area contributed by atoms with Gasteiger partial charge in [0, 0.05) is 44.6 Å². The van der Waals surface area contributed by atoms with Gasteiger partial charge in [0.1, 0.15) is 5.76 Å². The van der Waals surface area contributed by atoms with Crippen molar-refractivity contribution in [1.82, 2.24) is 18.5 Å². The summed E-state index contributed by atoms with van der Waals surface area (Å²) in [5, 5.41) is 2.64. The fraction of sp³-hybridized carbons (Fsp3) is 0.619. The number of rotatable bonds is 6. The normalized spacial score (nSPS) is 19.3. The second kappa shape index (κ2) is 9.40. The summed E-state index contributed by atoms with van der Waals surface area (Å²) >= 11 is 1.46. The van der Waals surface area contributed by atoms with Gasteiger partial charge < -0.3 is 9.32 Å². The number of carbonyl (C=O) groups excluding carboxylic acids is 1. The van der Waals surface area contributed by atoms with Crippen LogP contribution in [0, 0.1) is 6.92 Å². The van der Waals surface area contributed by atoms with Crippen molar-refractivity contribution in [3.05, 3.63) is 29.0 Å². The Bertz CT molecular complexity index is 1000.